The van der Waals surface area contributed by atoms with Crippen LogP contribution in [-0.4, -0.2) is 42.5 Å². The minimum Gasteiger partial charge on any atom is -0.356 e. The zero-order valence-corrected chi connectivity index (χ0v) is 37.6. The molecule has 4 atom stereocenters. The van der Waals surface area contributed by atoms with Gasteiger partial charge in [-0.05, 0) is 87.4 Å². The quantitative estimate of drug-likeness (QED) is 0.0709. The molecule has 0 fully saturated rings. The molecule has 0 amide bonds. The molecular weight excluding hydrogens is 900 g/mol. The summed E-state index contributed by atoms with van der Waals surface area (Å²) in [7, 11) is -7.73. The van der Waals surface area contributed by atoms with Crippen molar-refractivity contribution in [2.75, 3.05) is 21.8 Å². The zero-order valence-electron chi connectivity index (χ0n) is 32.8. The average molecular weight is 949 g/mol. The Kier molecular flexibility index (Phi) is 16.3. The highest BCUT2D eigenvalue weighted by Crippen LogP contribution is 2.38. The van der Waals surface area contributed by atoms with Gasteiger partial charge in [-0.2, -0.15) is 0 Å². The summed E-state index contributed by atoms with van der Waals surface area (Å²) < 4.78 is 69.6. The molecule has 0 spiro atoms. The van der Waals surface area contributed by atoms with Crippen molar-refractivity contribution in [3.05, 3.63) is 192 Å². The van der Waals surface area contributed by atoms with Crippen molar-refractivity contribution in [3.63, 3.8) is 0 Å². The van der Waals surface area contributed by atoms with Crippen LogP contribution in [0.2, 0.25) is 0 Å². The minimum atomic E-state index is -3.87. The van der Waals surface area contributed by atoms with Crippen molar-refractivity contribution in [1.82, 2.24) is 0 Å². The van der Waals surface area contributed by atoms with E-state index in [1.807, 2.05) is 125 Å². The maximum atomic E-state index is 13.7. The first-order chi connectivity index (χ1) is 27.9. The van der Waals surface area contributed by atoms with Crippen molar-refractivity contribution < 1.29 is 26.3 Å². The molecule has 0 heterocycles. The van der Waals surface area contributed by atoms with Crippen LogP contribution in [0.5, 0.6) is 0 Å². The largest absolute Gasteiger partial charge is 0.356 e. The van der Waals surface area contributed by atoms with Gasteiger partial charge in [0.25, 0.3) is 20.0 Å². The van der Waals surface area contributed by atoms with Crippen LogP contribution in [-0.2, 0) is 29.5 Å². The third-order valence-electron chi connectivity index (χ3n) is 9.05. The van der Waals surface area contributed by atoms with Gasteiger partial charge in [-0.15, -0.1) is 0 Å². The van der Waals surface area contributed by atoms with Crippen molar-refractivity contribution in [2.45, 2.75) is 59.6 Å². The molecule has 0 radical (unpaired) electrons. The first-order valence-corrected chi connectivity index (χ1v) is 23.5. The smallest absolute Gasteiger partial charge is 0.266 e. The number of hydrogen-bond donors (Lipinski definition) is 0. The Labute approximate surface area is 360 Å². The molecule has 6 aromatic carbocycles. The number of aryl methyl sites for hydroxylation is 2. The van der Waals surface area contributed by atoms with Crippen LogP contribution in [0.4, 0.5) is 11.4 Å². The monoisotopic (exact) mass is 946 g/mol. The number of rotatable bonds is 16. The highest BCUT2D eigenvalue weighted by atomic mass is 79.9. The Morgan fingerprint density at radius 1 is 0.448 bits per heavy atom. The van der Waals surface area contributed by atoms with Crippen LogP contribution in [0.1, 0.15) is 45.8 Å². The number of para-hydroxylation sites is 2. The molecule has 304 valence electrons. The second-order valence-corrected chi connectivity index (χ2v) is 18.8. The molecular formula is C46H48Br2N2O6S2. The lowest BCUT2D eigenvalue weighted by molar-refractivity contribution is 0.0706. The molecule has 58 heavy (non-hydrogen) atoms. The summed E-state index contributed by atoms with van der Waals surface area (Å²) in [5.74, 6) is 0. The lowest BCUT2D eigenvalue weighted by Gasteiger charge is -2.35. The summed E-state index contributed by atoms with van der Waals surface area (Å²) in [6.45, 7) is 8.31. The number of ether oxygens (including phenoxy) is 2. The van der Waals surface area contributed by atoms with Crippen molar-refractivity contribution in [1.29, 1.82) is 0 Å². The minimum absolute atomic E-state index is 0.226. The summed E-state index contributed by atoms with van der Waals surface area (Å²) >= 11 is 7.39. The first-order valence-electron chi connectivity index (χ1n) is 18.8. The molecule has 0 unspecified atom stereocenters. The predicted octanol–water partition coefficient (Wildman–Crippen LogP) is 11.4. The summed E-state index contributed by atoms with van der Waals surface area (Å²) in [6, 6.07) is 51.2. The van der Waals surface area contributed by atoms with Gasteiger partial charge < -0.3 is 9.47 Å². The molecule has 0 aliphatic heterocycles. The Hall–Kier alpha value is -4.30. The third-order valence-corrected chi connectivity index (χ3v) is 14.6. The zero-order chi connectivity index (χ0) is 41.7. The fourth-order valence-corrected chi connectivity index (χ4v) is 11.0. The topological polar surface area (TPSA) is 93.2 Å². The molecule has 6 aromatic rings. The normalized spacial score (nSPS) is 13.6. The van der Waals surface area contributed by atoms with Gasteiger partial charge in [-0.3, -0.25) is 0 Å². The summed E-state index contributed by atoms with van der Waals surface area (Å²) in [6.07, 6.45) is -1.53. The summed E-state index contributed by atoms with van der Waals surface area (Å²) in [5, 5.41) is 0. The van der Waals surface area contributed by atoms with Gasteiger partial charge in [0.1, 0.15) is 0 Å². The fraction of sp³-hybridized carbons (Fsp3) is 0.217. The number of alkyl halides is 2. The molecule has 6 rings (SSSR count). The molecule has 0 saturated carbocycles. The second-order valence-electron chi connectivity index (χ2n) is 13.2. The van der Waals surface area contributed by atoms with Crippen molar-refractivity contribution in [3.8, 4) is 0 Å². The SMILES string of the molecule is CCO[C@H]([C@H](Br)c1ccccc1)N(c1ccccc1)S(=O)(=O)c1ccc(C)cc1.CCO[C@H]([C@H](Br)c1ccccc1)N(c1ccccc1)S(=O)(=O)c1ccc(C)cc1. The lowest BCUT2D eigenvalue weighted by atomic mass is 10.1. The van der Waals surface area contributed by atoms with Gasteiger partial charge in [-0.1, -0.05) is 164 Å². The number of sulfonamides is 2. The summed E-state index contributed by atoms with van der Waals surface area (Å²) in [4.78, 5) is -0.262. The number of anilines is 2. The molecule has 0 aliphatic rings. The molecule has 0 aromatic heterocycles. The maximum absolute atomic E-state index is 13.7. The van der Waals surface area contributed by atoms with Crippen LogP contribution >= 0.6 is 31.9 Å². The second kappa shape index (κ2) is 21.1. The van der Waals surface area contributed by atoms with Crippen LogP contribution in [0.3, 0.4) is 0 Å². The van der Waals surface area contributed by atoms with Crippen LogP contribution in [0.25, 0.3) is 0 Å². The molecule has 8 nitrogen and oxygen atoms in total. The predicted molar refractivity (Wildman–Crippen MR) is 242 cm³/mol. The van der Waals surface area contributed by atoms with E-state index in [4.69, 9.17) is 9.47 Å². The van der Waals surface area contributed by atoms with E-state index in [0.29, 0.717) is 24.6 Å². The van der Waals surface area contributed by atoms with E-state index >= 15 is 0 Å². The molecule has 0 aliphatic carbocycles. The third kappa shape index (κ3) is 11.0. The van der Waals surface area contributed by atoms with E-state index in [1.54, 1.807) is 72.8 Å². The van der Waals surface area contributed by atoms with E-state index < -0.39 is 32.5 Å². The highest BCUT2D eigenvalue weighted by Gasteiger charge is 2.38. The molecule has 12 heteroatoms. The lowest BCUT2D eigenvalue weighted by Crippen LogP contribution is -2.44. The average Bonchev–Trinajstić information content (AvgIpc) is 3.24. The molecule has 0 bridgehead atoms. The van der Waals surface area contributed by atoms with E-state index in [2.05, 4.69) is 31.9 Å². The summed E-state index contributed by atoms with van der Waals surface area (Å²) in [5.41, 5.74) is 4.97. The number of benzene rings is 6. The van der Waals surface area contributed by atoms with Gasteiger partial charge in [-0.25, -0.2) is 25.4 Å². The van der Waals surface area contributed by atoms with Crippen molar-refractivity contribution >= 4 is 63.3 Å². The maximum Gasteiger partial charge on any atom is 0.266 e. The van der Waals surface area contributed by atoms with E-state index in [9.17, 15) is 16.8 Å². The van der Waals surface area contributed by atoms with Gasteiger partial charge in [0.2, 0.25) is 0 Å². The Morgan fingerprint density at radius 2 is 0.724 bits per heavy atom. The number of hydrogen-bond acceptors (Lipinski definition) is 6. The Bertz CT molecular complexity index is 2190. The van der Waals surface area contributed by atoms with Gasteiger partial charge in [0.15, 0.2) is 12.5 Å². The number of halogens is 2. The van der Waals surface area contributed by atoms with Gasteiger partial charge in [0.05, 0.1) is 30.8 Å². The molecule has 0 saturated heterocycles. The standard InChI is InChI=1S/2C23H24BrNO3S/c2*1-3-28-23(22(24)19-10-6-4-7-11-19)25(20-12-8-5-9-13-20)29(26,27)21-16-14-18(2)15-17-21/h2*4-17,22-23H,3H2,1-2H3/t2*22-,23-/m11/s1. The van der Waals surface area contributed by atoms with Gasteiger partial charge >= 0.3 is 0 Å². The van der Waals surface area contributed by atoms with Gasteiger partial charge in [0, 0.05) is 13.2 Å². The van der Waals surface area contributed by atoms with E-state index in [-0.39, 0.29) is 19.4 Å². The van der Waals surface area contributed by atoms with E-state index in [1.165, 1.54) is 8.61 Å². The van der Waals surface area contributed by atoms with E-state index in [0.717, 1.165) is 22.3 Å². The Balaban J connectivity index is 0.000000221. The van der Waals surface area contributed by atoms with Crippen LogP contribution in [0, 0.1) is 13.8 Å². The number of nitrogens with zero attached hydrogens (tertiary/aromatic N) is 2. The molecule has 0 N–H and O–H groups in total. The fourth-order valence-electron chi connectivity index (χ4n) is 6.13. The van der Waals surface area contributed by atoms with Crippen LogP contribution < -0.4 is 8.61 Å². The highest BCUT2D eigenvalue weighted by molar-refractivity contribution is 9.09. The van der Waals surface area contributed by atoms with Crippen LogP contribution in [0.15, 0.2) is 180 Å². The Morgan fingerprint density at radius 3 is 1.00 bits per heavy atom. The first kappa shape index (κ1) is 44.8. The van der Waals surface area contributed by atoms with Crippen molar-refractivity contribution in [2.24, 2.45) is 0 Å².